The van der Waals surface area contributed by atoms with Crippen LogP contribution in [0, 0.1) is 10.1 Å². The van der Waals surface area contributed by atoms with Crippen LogP contribution in [0.3, 0.4) is 0 Å². The van der Waals surface area contributed by atoms with Crippen LogP contribution in [0.4, 0.5) is 11.4 Å². The number of nitrogens with zero attached hydrogens (tertiary/aromatic N) is 2. The average molecular weight is 263 g/mol. The van der Waals surface area contributed by atoms with Gasteiger partial charge in [0, 0.05) is 23.7 Å². The van der Waals surface area contributed by atoms with Crippen LogP contribution in [0.25, 0.3) is 0 Å². The van der Waals surface area contributed by atoms with Gasteiger partial charge < -0.3 is 10.6 Å². The molecule has 0 spiro atoms. The van der Waals surface area contributed by atoms with Crippen LogP contribution >= 0.6 is 0 Å². The quantitative estimate of drug-likeness (QED) is 0.503. The lowest BCUT2D eigenvalue weighted by Crippen LogP contribution is -2.42. The van der Waals surface area contributed by atoms with E-state index in [1.165, 1.54) is 12.1 Å². The number of likely N-dealkylation sites (tertiary alicyclic amines) is 1. The third-order valence-electron chi connectivity index (χ3n) is 3.62. The number of amides is 1. The Morgan fingerprint density at radius 1 is 1.47 bits per heavy atom. The molecule has 0 saturated carbocycles. The Morgan fingerprint density at radius 3 is 2.68 bits per heavy atom. The number of nitro groups is 1. The summed E-state index contributed by atoms with van der Waals surface area (Å²) >= 11 is 0. The van der Waals surface area contributed by atoms with Gasteiger partial charge in [0.2, 0.25) is 0 Å². The van der Waals surface area contributed by atoms with E-state index < -0.39 is 4.92 Å². The lowest BCUT2D eigenvalue weighted by Gasteiger charge is -2.31. The maximum absolute atomic E-state index is 12.4. The van der Waals surface area contributed by atoms with Gasteiger partial charge in [-0.05, 0) is 38.8 Å². The normalized spacial score (nSPS) is 17.5. The first-order valence-corrected chi connectivity index (χ1v) is 6.19. The maximum Gasteiger partial charge on any atom is 0.292 e. The standard InChI is InChI=1S/C13H17N3O3/c1-13(2)6-3-7-15(13)12(17)9-4-5-10(14)11(8-9)16(18)19/h4-5,8H,3,6-7,14H2,1-2H3. The Bertz CT molecular complexity index is 540. The van der Waals surface area contributed by atoms with Crippen molar-refractivity contribution in [3.05, 3.63) is 33.9 Å². The molecule has 6 heteroatoms. The summed E-state index contributed by atoms with van der Waals surface area (Å²) in [6.45, 7) is 4.69. The maximum atomic E-state index is 12.4. The molecule has 6 nitrogen and oxygen atoms in total. The smallest absolute Gasteiger partial charge is 0.292 e. The molecular formula is C13H17N3O3. The number of nitro benzene ring substituents is 1. The highest BCUT2D eigenvalue weighted by atomic mass is 16.6. The van der Waals surface area contributed by atoms with Crippen molar-refractivity contribution >= 4 is 17.3 Å². The van der Waals surface area contributed by atoms with Gasteiger partial charge in [-0.2, -0.15) is 0 Å². The molecule has 0 atom stereocenters. The van der Waals surface area contributed by atoms with Gasteiger partial charge in [0.25, 0.3) is 11.6 Å². The Labute approximate surface area is 111 Å². The van der Waals surface area contributed by atoms with Gasteiger partial charge in [-0.15, -0.1) is 0 Å². The number of nitrogens with two attached hydrogens (primary N) is 1. The minimum Gasteiger partial charge on any atom is -0.393 e. The fraction of sp³-hybridized carbons (Fsp3) is 0.462. The minimum absolute atomic E-state index is 0.0715. The van der Waals surface area contributed by atoms with Crippen LogP contribution in [-0.2, 0) is 0 Å². The van der Waals surface area contributed by atoms with Crippen LogP contribution < -0.4 is 5.73 Å². The first-order chi connectivity index (χ1) is 8.83. The predicted molar refractivity (Wildman–Crippen MR) is 71.9 cm³/mol. The van der Waals surface area contributed by atoms with Crippen molar-refractivity contribution in [2.45, 2.75) is 32.2 Å². The van der Waals surface area contributed by atoms with Gasteiger partial charge in [0.1, 0.15) is 5.69 Å². The average Bonchev–Trinajstić information content (AvgIpc) is 2.68. The molecule has 0 unspecified atom stereocenters. The second-order valence-electron chi connectivity index (χ2n) is 5.40. The number of hydrogen-bond acceptors (Lipinski definition) is 4. The molecule has 1 aliphatic rings. The lowest BCUT2D eigenvalue weighted by atomic mass is 10.0. The van der Waals surface area contributed by atoms with Gasteiger partial charge in [0.15, 0.2) is 0 Å². The molecule has 1 amide bonds. The van der Waals surface area contributed by atoms with Gasteiger partial charge in [0.05, 0.1) is 4.92 Å². The highest BCUT2D eigenvalue weighted by Crippen LogP contribution is 2.31. The van der Waals surface area contributed by atoms with E-state index in [0.29, 0.717) is 12.1 Å². The SMILES string of the molecule is CC1(C)CCCN1C(=O)c1ccc(N)c([N+](=O)[O-])c1. The Kier molecular flexibility index (Phi) is 3.18. The molecule has 2 rings (SSSR count). The van der Waals surface area contributed by atoms with Gasteiger partial charge in [-0.25, -0.2) is 0 Å². The van der Waals surface area contributed by atoms with Crippen molar-refractivity contribution in [3.8, 4) is 0 Å². The molecule has 0 radical (unpaired) electrons. The summed E-state index contributed by atoms with van der Waals surface area (Å²) in [6, 6.07) is 4.21. The zero-order valence-electron chi connectivity index (χ0n) is 11.0. The van der Waals surface area contributed by atoms with Crippen molar-refractivity contribution in [2.75, 3.05) is 12.3 Å². The fourth-order valence-electron chi connectivity index (χ4n) is 2.47. The van der Waals surface area contributed by atoms with Crippen molar-refractivity contribution in [1.82, 2.24) is 4.90 Å². The van der Waals surface area contributed by atoms with E-state index >= 15 is 0 Å². The largest absolute Gasteiger partial charge is 0.393 e. The van der Waals surface area contributed by atoms with Crippen LogP contribution in [0.5, 0.6) is 0 Å². The van der Waals surface area contributed by atoms with Crippen molar-refractivity contribution in [1.29, 1.82) is 0 Å². The number of carbonyl (C=O) groups is 1. The van der Waals surface area contributed by atoms with E-state index in [1.807, 2.05) is 13.8 Å². The second-order valence-corrected chi connectivity index (χ2v) is 5.40. The van der Waals surface area contributed by atoms with Crippen LogP contribution in [0.15, 0.2) is 18.2 Å². The summed E-state index contributed by atoms with van der Waals surface area (Å²) in [7, 11) is 0. The molecule has 102 valence electrons. The zero-order chi connectivity index (χ0) is 14.2. The van der Waals surface area contributed by atoms with Crippen molar-refractivity contribution < 1.29 is 9.72 Å². The van der Waals surface area contributed by atoms with Crippen molar-refractivity contribution in [3.63, 3.8) is 0 Å². The predicted octanol–water partition coefficient (Wildman–Crippen LogP) is 2.19. The number of carbonyl (C=O) groups excluding carboxylic acids is 1. The lowest BCUT2D eigenvalue weighted by molar-refractivity contribution is -0.383. The number of hydrogen-bond donors (Lipinski definition) is 1. The fourth-order valence-corrected chi connectivity index (χ4v) is 2.47. The van der Waals surface area contributed by atoms with E-state index in [-0.39, 0.29) is 22.8 Å². The number of nitrogen functional groups attached to an aromatic ring is 1. The van der Waals surface area contributed by atoms with E-state index in [4.69, 9.17) is 5.73 Å². The third kappa shape index (κ3) is 2.38. The van der Waals surface area contributed by atoms with Crippen LogP contribution in [0.2, 0.25) is 0 Å². The molecule has 2 N–H and O–H groups in total. The van der Waals surface area contributed by atoms with Gasteiger partial charge in [-0.1, -0.05) is 0 Å². The summed E-state index contributed by atoms with van der Waals surface area (Å²) in [5.74, 6) is -0.175. The number of rotatable bonds is 2. The highest BCUT2D eigenvalue weighted by molar-refractivity contribution is 5.96. The Hall–Kier alpha value is -2.11. The summed E-state index contributed by atoms with van der Waals surface area (Å²) in [6.07, 6.45) is 1.89. The summed E-state index contributed by atoms with van der Waals surface area (Å²) < 4.78 is 0. The Balaban J connectivity index is 2.35. The first-order valence-electron chi connectivity index (χ1n) is 6.19. The molecule has 0 aromatic heterocycles. The van der Waals surface area contributed by atoms with Crippen LogP contribution in [0.1, 0.15) is 37.0 Å². The van der Waals surface area contributed by atoms with Gasteiger partial charge in [-0.3, -0.25) is 14.9 Å². The third-order valence-corrected chi connectivity index (χ3v) is 3.62. The topological polar surface area (TPSA) is 89.5 Å². The Morgan fingerprint density at radius 2 is 2.16 bits per heavy atom. The zero-order valence-corrected chi connectivity index (χ0v) is 11.0. The number of anilines is 1. The molecule has 1 aromatic rings. The molecule has 1 fully saturated rings. The summed E-state index contributed by atoms with van der Waals surface area (Å²) in [5.41, 5.74) is 5.50. The molecule has 0 bridgehead atoms. The molecule has 19 heavy (non-hydrogen) atoms. The van der Waals surface area contributed by atoms with E-state index in [2.05, 4.69) is 0 Å². The van der Waals surface area contributed by atoms with E-state index in [1.54, 1.807) is 11.0 Å². The monoisotopic (exact) mass is 263 g/mol. The number of benzene rings is 1. The molecule has 0 aliphatic carbocycles. The highest BCUT2D eigenvalue weighted by Gasteiger charge is 2.36. The molecular weight excluding hydrogens is 246 g/mol. The van der Waals surface area contributed by atoms with E-state index in [0.717, 1.165) is 12.8 Å². The minimum atomic E-state index is -0.568. The van der Waals surface area contributed by atoms with Crippen molar-refractivity contribution in [2.24, 2.45) is 0 Å². The van der Waals surface area contributed by atoms with E-state index in [9.17, 15) is 14.9 Å². The molecule has 1 aromatic carbocycles. The summed E-state index contributed by atoms with van der Waals surface area (Å²) in [4.78, 5) is 24.5. The molecule has 1 saturated heterocycles. The van der Waals surface area contributed by atoms with Gasteiger partial charge >= 0.3 is 0 Å². The molecule has 1 aliphatic heterocycles. The first kappa shape index (κ1) is 13.3. The molecule has 1 heterocycles. The second kappa shape index (κ2) is 4.53. The summed E-state index contributed by atoms with van der Waals surface area (Å²) in [5, 5.41) is 10.8. The van der Waals surface area contributed by atoms with Crippen LogP contribution in [-0.4, -0.2) is 27.8 Å².